The maximum absolute atomic E-state index is 4.03. The number of benzene rings is 2. The van der Waals surface area contributed by atoms with Crippen molar-refractivity contribution in [2.24, 2.45) is 5.92 Å². The molecule has 21 heavy (non-hydrogen) atoms. The summed E-state index contributed by atoms with van der Waals surface area (Å²) in [6.45, 7) is 0. The first-order valence-electron chi connectivity index (χ1n) is 7.67. The fourth-order valence-electron chi connectivity index (χ4n) is 4.56. The molecule has 3 atom stereocenters. The minimum absolute atomic E-state index is 0.0470. The molecule has 2 fully saturated rings. The summed E-state index contributed by atoms with van der Waals surface area (Å²) < 4.78 is 0.0470. The maximum atomic E-state index is 4.03. The maximum Gasteiger partial charge on any atom is 0.0948 e. The fraction of sp³-hybridized carbons (Fsp3) is 0.368. The van der Waals surface area contributed by atoms with E-state index in [0.717, 1.165) is 0 Å². The molecule has 2 aliphatic rings. The molecular formula is C19H18Br2. The first-order valence-corrected chi connectivity index (χ1v) is 9.26. The Bertz CT molecular complexity index is 635. The van der Waals surface area contributed by atoms with Crippen LogP contribution in [0.3, 0.4) is 0 Å². The van der Waals surface area contributed by atoms with Crippen LogP contribution in [0.2, 0.25) is 0 Å². The Kier molecular flexibility index (Phi) is 3.31. The Hall–Kier alpha value is -0.600. The van der Waals surface area contributed by atoms with Crippen molar-refractivity contribution in [1.82, 2.24) is 0 Å². The molecule has 0 aromatic heterocycles. The molecule has 0 nitrogen and oxygen atoms in total. The van der Waals surface area contributed by atoms with Crippen LogP contribution in [0.1, 0.15) is 36.3 Å². The summed E-state index contributed by atoms with van der Waals surface area (Å²) >= 11 is 8.06. The lowest BCUT2D eigenvalue weighted by Gasteiger charge is -2.33. The van der Waals surface area contributed by atoms with E-state index in [-0.39, 0.29) is 8.65 Å². The van der Waals surface area contributed by atoms with E-state index in [9.17, 15) is 0 Å². The molecule has 2 heteroatoms. The number of hydrogen-bond acceptors (Lipinski definition) is 0. The highest BCUT2D eigenvalue weighted by Crippen LogP contribution is 2.80. The van der Waals surface area contributed by atoms with Gasteiger partial charge in [0.1, 0.15) is 0 Å². The lowest BCUT2D eigenvalue weighted by Crippen LogP contribution is -2.27. The molecule has 3 unspecified atom stereocenters. The topological polar surface area (TPSA) is 0 Å². The predicted octanol–water partition coefficient (Wildman–Crippen LogP) is 6.01. The molecule has 2 saturated carbocycles. The molecule has 0 saturated heterocycles. The zero-order valence-corrected chi connectivity index (χ0v) is 15.0. The lowest BCUT2D eigenvalue weighted by atomic mass is 9.71. The quantitative estimate of drug-likeness (QED) is 0.536. The highest BCUT2D eigenvalue weighted by atomic mass is 79.9. The third-order valence-electron chi connectivity index (χ3n) is 5.44. The minimum atomic E-state index is 0.0470. The molecule has 4 rings (SSSR count). The van der Waals surface area contributed by atoms with Gasteiger partial charge in [-0.05, 0) is 35.8 Å². The van der Waals surface area contributed by atoms with Crippen LogP contribution in [0, 0.1) is 5.92 Å². The number of hydrogen-bond donors (Lipinski definition) is 0. The van der Waals surface area contributed by atoms with E-state index in [4.69, 9.17) is 0 Å². The molecule has 2 aromatic carbocycles. The van der Waals surface area contributed by atoms with Gasteiger partial charge in [-0.3, -0.25) is 0 Å². The summed E-state index contributed by atoms with van der Waals surface area (Å²) in [6, 6.07) is 22.1. The molecule has 108 valence electrons. The Labute approximate surface area is 143 Å². The van der Waals surface area contributed by atoms with Gasteiger partial charge in [-0.15, -0.1) is 0 Å². The van der Waals surface area contributed by atoms with Crippen molar-refractivity contribution in [2.75, 3.05) is 0 Å². The normalized spacial score (nSPS) is 33.2. The SMILES string of the molecule is BrC1(Br)C2CCCC(c3ccccc3)C21c1ccccc1. The predicted molar refractivity (Wildman–Crippen MR) is 95.2 cm³/mol. The highest BCUT2D eigenvalue weighted by molar-refractivity contribution is 9.25. The molecule has 0 N–H and O–H groups in total. The number of fused-ring (bicyclic) bond motifs is 1. The van der Waals surface area contributed by atoms with Crippen molar-refractivity contribution < 1.29 is 0 Å². The summed E-state index contributed by atoms with van der Waals surface area (Å²) in [4.78, 5) is 0. The van der Waals surface area contributed by atoms with Gasteiger partial charge >= 0.3 is 0 Å². The number of rotatable bonds is 2. The van der Waals surface area contributed by atoms with Crippen molar-refractivity contribution in [3.63, 3.8) is 0 Å². The van der Waals surface area contributed by atoms with Crippen LogP contribution < -0.4 is 0 Å². The number of alkyl halides is 2. The lowest BCUT2D eigenvalue weighted by molar-refractivity contribution is 0.370. The van der Waals surface area contributed by atoms with E-state index in [1.807, 2.05) is 0 Å². The Balaban J connectivity index is 1.87. The molecule has 2 aliphatic carbocycles. The van der Waals surface area contributed by atoms with E-state index in [1.54, 1.807) is 0 Å². The molecule has 0 aliphatic heterocycles. The molecule has 0 heterocycles. The molecule has 0 bridgehead atoms. The van der Waals surface area contributed by atoms with Gasteiger partial charge in [0.15, 0.2) is 0 Å². The summed E-state index contributed by atoms with van der Waals surface area (Å²) in [5.41, 5.74) is 3.14. The van der Waals surface area contributed by atoms with Gasteiger partial charge < -0.3 is 0 Å². The van der Waals surface area contributed by atoms with Crippen LogP contribution in [-0.2, 0) is 5.41 Å². The number of halogens is 2. The average Bonchev–Trinajstić information content (AvgIpc) is 3.07. The van der Waals surface area contributed by atoms with Crippen LogP contribution in [0.5, 0.6) is 0 Å². The Morgan fingerprint density at radius 3 is 2.10 bits per heavy atom. The van der Waals surface area contributed by atoms with E-state index >= 15 is 0 Å². The van der Waals surface area contributed by atoms with Crippen molar-refractivity contribution in [1.29, 1.82) is 0 Å². The molecule has 0 radical (unpaired) electrons. The molecule has 0 spiro atoms. The van der Waals surface area contributed by atoms with Crippen LogP contribution in [0.25, 0.3) is 0 Å². The van der Waals surface area contributed by atoms with Gasteiger partial charge in [0.2, 0.25) is 0 Å². The smallest absolute Gasteiger partial charge is 0.0714 e. The van der Waals surface area contributed by atoms with Gasteiger partial charge in [0.05, 0.1) is 3.23 Å². The van der Waals surface area contributed by atoms with Gasteiger partial charge in [-0.25, -0.2) is 0 Å². The second-order valence-electron chi connectivity index (χ2n) is 6.30. The second-order valence-corrected chi connectivity index (χ2v) is 9.87. The zero-order valence-electron chi connectivity index (χ0n) is 11.8. The van der Waals surface area contributed by atoms with Gasteiger partial charge in [-0.2, -0.15) is 0 Å². The third kappa shape index (κ3) is 1.85. The molecule has 2 aromatic rings. The highest BCUT2D eigenvalue weighted by Gasteiger charge is 2.78. The zero-order chi connectivity index (χ0) is 14.5. The van der Waals surface area contributed by atoms with Crippen molar-refractivity contribution in [3.05, 3.63) is 71.8 Å². The van der Waals surface area contributed by atoms with Crippen LogP contribution in [0.15, 0.2) is 60.7 Å². The van der Waals surface area contributed by atoms with Crippen LogP contribution in [-0.4, -0.2) is 3.23 Å². The first-order chi connectivity index (χ1) is 10.2. The largest absolute Gasteiger partial charge is 0.0948 e. The monoisotopic (exact) mass is 404 g/mol. The van der Waals surface area contributed by atoms with Gasteiger partial charge in [0, 0.05) is 5.41 Å². The third-order valence-corrected chi connectivity index (χ3v) is 7.86. The summed E-state index contributed by atoms with van der Waals surface area (Å²) in [6.07, 6.45) is 3.89. The minimum Gasteiger partial charge on any atom is -0.0714 e. The Morgan fingerprint density at radius 1 is 0.810 bits per heavy atom. The van der Waals surface area contributed by atoms with E-state index in [1.165, 1.54) is 30.4 Å². The van der Waals surface area contributed by atoms with Gasteiger partial charge in [0.25, 0.3) is 0 Å². The fourth-order valence-corrected chi connectivity index (χ4v) is 7.07. The molecular weight excluding hydrogens is 388 g/mol. The van der Waals surface area contributed by atoms with Crippen molar-refractivity contribution in [3.8, 4) is 0 Å². The summed E-state index contributed by atoms with van der Waals surface area (Å²) in [5.74, 6) is 1.25. The van der Waals surface area contributed by atoms with Gasteiger partial charge in [-0.1, -0.05) is 98.9 Å². The van der Waals surface area contributed by atoms with E-state index < -0.39 is 0 Å². The second kappa shape index (κ2) is 4.96. The Morgan fingerprint density at radius 2 is 1.43 bits per heavy atom. The molecule has 0 amide bonds. The van der Waals surface area contributed by atoms with E-state index in [0.29, 0.717) is 11.8 Å². The standard InChI is InChI=1S/C19H18Br2/c20-19(21)17-13-7-12-16(14-8-3-1-4-9-14)18(17,19)15-10-5-2-6-11-15/h1-6,8-11,16-17H,7,12-13H2. The van der Waals surface area contributed by atoms with E-state index in [2.05, 4.69) is 92.5 Å². The average molecular weight is 406 g/mol. The van der Waals surface area contributed by atoms with Crippen molar-refractivity contribution in [2.45, 2.75) is 33.8 Å². The van der Waals surface area contributed by atoms with Crippen LogP contribution >= 0.6 is 31.9 Å². The summed E-state index contributed by atoms with van der Waals surface area (Å²) in [7, 11) is 0. The first kappa shape index (κ1) is 14.0. The summed E-state index contributed by atoms with van der Waals surface area (Å²) in [5, 5.41) is 0. The van der Waals surface area contributed by atoms with Crippen LogP contribution in [0.4, 0.5) is 0 Å². The van der Waals surface area contributed by atoms with Crippen molar-refractivity contribution >= 4 is 31.9 Å².